The number of hydrogen-bond donors (Lipinski definition) is 2. The molecule has 0 bridgehead atoms. The van der Waals surface area contributed by atoms with Gasteiger partial charge < -0.3 is 0 Å². The Bertz CT molecular complexity index is 934. The molecule has 0 atom stereocenters. The van der Waals surface area contributed by atoms with E-state index in [-0.39, 0.29) is 48.9 Å². The number of nitrogens with zero attached hydrogens (tertiary/aromatic N) is 3. The Hall–Kier alpha value is -3.10. The number of benzene rings is 1. The van der Waals surface area contributed by atoms with Gasteiger partial charge in [-0.25, -0.2) is 4.39 Å². The lowest BCUT2D eigenvalue weighted by Gasteiger charge is -2.20. The number of amides is 3. The molecule has 152 valence electrons. The predicted molar refractivity (Wildman–Crippen MR) is 101 cm³/mol. The smallest absolute Gasteiger partial charge is 0.248 e. The minimum atomic E-state index is -0.521. The molecule has 1 saturated heterocycles. The van der Waals surface area contributed by atoms with E-state index in [1.54, 1.807) is 12.1 Å². The quantitative estimate of drug-likeness (QED) is 0.724. The SMILES string of the molecule is O=C(CCN1C(=O)CC2(CCCC2)C1=O)Nc1n[nH]c(Cc2ccc(F)cc2)n1. The van der Waals surface area contributed by atoms with E-state index < -0.39 is 5.41 Å². The van der Waals surface area contributed by atoms with Gasteiger partial charge in [-0.1, -0.05) is 25.0 Å². The highest BCUT2D eigenvalue weighted by Crippen LogP contribution is 2.46. The van der Waals surface area contributed by atoms with Crippen molar-refractivity contribution < 1.29 is 18.8 Å². The molecule has 2 fully saturated rings. The van der Waals surface area contributed by atoms with Crippen LogP contribution in [0.2, 0.25) is 0 Å². The zero-order chi connectivity index (χ0) is 20.4. The van der Waals surface area contributed by atoms with Crippen LogP contribution in [0.25, 0.3) is 0 Å². The summed E-state index contributed by atoms with van der Waals surface area (Å²) in [6, 6.07) is 6.03. The second-order valence-electron chi connectivity index (χ2n) is 7.72. The number of aromatic nitrogens is 3. The minimum Gasteiger partial charge on any atom is -0.293 e. The zero-order valence-electron chi connectivity index (χ0n) is 15.9. The van der Waals surface area contributed by atoms with Gasteiger partial charge in [0.1, 0.15) is 11.6 Å². The van der Waals surface area contributed by atoms with Gasteiger partial charge in [0.25, 0.3) is 0 Å². The molecule has 3 amide bonds. The molecule has 2 N–H and O–H groups in total. The Morgan fingerprint density at radius 1 is 1.21 bits per heavy atom. The number of hydrogen-bond acceptors (Lipinski definition) is 5. The first kappa shape index (κ1) is 19.2. The average molecular weight is 399 g/mol. The fraction of sp³-hybridized carbons (Fsp3) is 0.450. The number of halogens is 1. The third kappa shape index (κ3) is 4.03. The molecule has 9 heteroatoms. The first-order chi connectivity index (χ1) is 13.9. The number of nitrogens with one attached hydrogen (secondary N) is 2. The summed E-state index contributed by atoms with van der Waals surface area (Å²) in [5, 5.41) is 9.25. The third-order valence-electron chi connectivity index (χ3n) is 5.68. The molecule has 2 aromatic rings. The Kier molecular flexibility index (Phi) is 5.12. The van der Waals surface area contributed by atoms with Crippen LogP contribution >= 0.6 is 0 Å². The van der Waals surface area contributed by atoms with E-state index in [1.165, 1.54) is 17.0 Å². The van der Waals surface area contributed by atoms with Gasteiger partial charge in [-0.2, -0.15) is 4.98 Å². The summed E-state index contributed by atoms with van der Waals surface area (Å²) in [4.78, 5) is 42.5. The number of anilines is 1. The summed E-state index contributed by atoms with van der Waals surface area (Å²) in [5.74, 6) is -0.353. The molecule has 2 heterocycles. The van der Waals surface area contributed by atoms with E-state index in [0.717, 1.165) is 31.2 Å². The molecular weight excluding hydrogens is 377 g/mol. The van der Waals surface area contributed by atoms with Crippen molar-refractivity contribution in [2.24, 2.45) is 5.41 Å². The summed E-state index contributed by atoms with van der Waals surface area (Å²) < 4.78 is 13.0. The van der Waals surface area contributed by atoms with Crippen LogP contribution in [0.5, 0.6) is 0 Å². The van der Waals surface area contributed by atoms with Gasteiger partial charge in [-0.05, 0) is 30.5 Å². The van der Waals surface area contributed by atoms with Crippen LogP contribution in [0.3, 0.4) is 0 Å². The van der Waals surface area contributed by atoms with Crippen molar-refractivity contribution in [3.05, 3.63) is 41.5 Å². The Morgan fingerprint density at radius 2 is 1.93 bits per heavy atom. The number of H-pyrrole nitrogens is 1. The van der Waals surface area contributed by atoms with Crippen LogP contribution in [0, 0.1) is 11.2 Å². The van der Waals surface area contributed by atoms with Crippen molar-refractivity contribution in [3.63, 3.8) is 0 Å². The van der Waals surface area contributed by atoms with E-state index in [4.69, 9.17) is 0 Å². The van der Waals surface area contributed by atoms with E-state index in [1.807, 2.05) is 0 Å². The van der Waals surface area contributed by atoms with Crippen LogP contribution in [0.4, 0.5) is 10.3 Å². The molecule has 1 spiro atoms. The maximum absolute atomic E-state index is 13.0. The fourth-order valence-electron chi connectivity index (χ4n) is 4.16. The molecule has 2 aliphatic rings. The summed E-state index contributed by atoms with van der Waals surface area (Å²) in [5.41, 5.74) is 0.333. The van der Waals surface area contributed by atoms with E-state index in [2.05, 4.69) is 20.5 Å². The van der Waals surface area contributed by atoms with E-state index in [0.29, 0.717) is 12.2 Å². The first-order valence-electron chi connectivity index (χ1n) is 9.76. The molecular formula is C20H22FN5O3. The number of carbonyl (C=O) groups is 3. The molecule has 1 aromatic carbocycles. The maximum Gasteiger partial charge on any atom is 0.248 e. The predicted octanol–water partition coefficient (Wildman–Crippen LogP) is 2.18. The topological polar surface area (TPSA) is 108 Å². The molecule has 0 unspecified atom stereocenters. The lowest BCUT2D eigenvalue weighted by atomic mass is 9.84. The Labute approximate surface area is 166 Å². The van der Waals surface area contributed by atoms with Crippen LogP contribution in [-0.4, -0.2) is 44.3 Å². The molecule has 4 rings (SSSR count). The molecule has 1 aliphatic heterocycles. The average Bonchev–Trinajstić information content (AvgIpc) is 3.38. The number of aromatic amines is 1. The van der Waals surface area contributed by atoms with Crippen LogP contribution in [0.1, 0.15) is 49.9 Å². The lowest BCUT2D eigenvalue weighted by Crippen LogP contribution is -2.36. The van der Waals surface area contributed by atoms with Crippen LogP contribution < -0.4 is 5.32 Å². The highest BCUT2D eigenvalue weighted by molar-refractivity contribution is 6.06. The van der Waals surface area contributed by atoms with Crippen LogP contribution in [-0.2, 0) is 20.8 Å². The van der Waals surface area contributed by atoms with Gasteiger partial charge in [0.05, 0.1) is 5.41 Å². The van der Waals surface area contributed by atoms with Crippen molar-refractivity contribution >= 4 is 23.7 Å². The molecule has 8 nitrogen and oxygen atoms in total. The van der Waals surface area contributed by atoms with Gasteiger partial charge in [0.2, 0.25) is 23.7 Å². The number of likely N-dealkylation sites (tertiary alicyclic amines) is 1. The standard InChI is InChI=1S/C20H22FN5O3/c21-14-5-3-13(4-6-14)11-15-22-19(25-24-15)23-16(27)7-10-26-17(28)12-20(18(26)29)8-1-2-9-20/h3-6H,1-2,7-12H2,(H2,22,23,24,25,27). The van der Waals surface area contributed by atoms with Gasteiger partial charge >= 0.3 is 0 Å². The molecule has 29 heavy (non-hydrogen) atoms. The third-order valence-corrected chi connectivity index (χ3v) is 5.68. The van der Waals surface area contributed by atoms with Gasteiger partial charge in [0.15, 0.2) is 0 Å². The summed E-state index contributed by atoms with van der Waals surface area (Å²) in [6.45, 7) is 0.0676. The van der Waals surface area contributed by atoms with Gasteiger partial charge in [-0.15, -0.1) is 5.10 Å². The monoisotopic (exact) mass is 399 g/mol. The minimum absolute atomic E-state index is 0.00457. The van der Waals surface area contributed by atoms with Crippen molar-refractivity contribution in [2.75, 3.05) is 11.9 Å². The fourth-order valence-corrected chi connectivity index (χ4v) is 4.16. The number of imide groups is 1. The van der Waals surface area contributed by atoms with Gasteiger partial charge in [0, 0.05) is 25.8 Å². The summed E-state index contributed by atoms with van der Waals surface area (Å²) in [6.07, 6.45) is 4.14. The normalized spacial score (nSPS) is 18.0. The summed E-state index contributed by atoms with van der Waals surface area (Å²) >= 11 is 0. The lowest BCUT2D eigenvalue weighted by molar-refractivity contribution is -0.141. The second kappa shape index (κ2) is 7.73. The molecule has 1 saturated carbocycles. The molecule has 1 aromatic heterocycles. The Balaban J connectivity index is 1.29. The van der Waals surface area contributed by atoms with E-state index >= 15 is 0 Å². The van der Waals surface area contributed by atoms with Crippen molar-refractivity contribution in [1.29, 1.82) is 0 Å². The molecule has 1 aliphatic carbocycles. The summed E-state index contributed by atoms with van der Waals surface area (Å²) in [7, 11) is 0. The molecule has 0 radical (unpaired) electrons. The van der Waals surface area contributed by atoms with Crippen molar-refractivity contribution in [2.45, 2.75) is 44.9 Å². The largest absolute Gasteiger partial charge is 0.293 e. The second-order valence-corrected chi connectivity index (χ2v) is 7.72. The number of rotatable bonds is 6. The maximum atomic E-state index is 13.0. The zero-order valence-corrected chi connectivity index (χ0v) is 15.9. The van der Waals surface area contributed by atoms with E-state index in [9.17, 15) is 18.8 Å². The first-order valence-corrected chi connectivity index (χ1v) is 9.76. The van der Waals surface area contributed by atoms with Crippen molar-refractivity contribution in [3.8, 4) is 0 Å². The van der Waals surface area contributed by atoms with Crippen LogP contribution in [0.15, 0.2) is 24.3 Å². The highest BCUT2D eigenvalue weighted by atomic mass is 19.1. The van der Waals surface area contributed by atoms with Gasteiger partial charge in [-0.3, -0.25) is 29.7 Å². The van der Waals surface area contributed by atoms with Crippen molar-refractivity contribution in [1.82, 2.24) is 20.1 Å². The Morgan fingerprint density at radius 3 is 2.66 bits per heavy atom. The highest BCUT2D eigenvalue weighted by Gasteiger charge is 2.52. The number of carbonyl (C=O) groups excluding carboxylic acids is 3.